The summed E-state index contributed by atoms with van der Waals surface area (Å²) in [4.78, 5) is 1.22. The van der Waals surface area contributed by atoms with Crippen LogP contribution in [-0.2, 0) is 0 Å². The molecule has 1 atom stereocenters. The van der Waals surface area contributed by atoms with Gasteiger partial charge >= 0.3 is 0 Å². The molecule has 0 bridgehead atoms. The molecule has 0 aromatic carbocycles. The van der Waals surface area contributed by atoms with Crippen molar-refractivity contribution in [2.24, 2.45) is 0 Å². The molecule has 0 aliphatic carbocycles. The Hall–Kier alpha value is -0.980. The van der Waals surface area contributed by atoms with Gasteiger partial charge in [-0.3, -0.25) is 0 Å². The molecule has 13 heavy (non-hydrogen) atoms. The highest BCUT2D eigenvalue weighted by Crippen LogP contribution is 2.27. The smallest absolute Gasteiger partial charge is 0.129 e. The lowest BCUT2D eigenvalue weighted by atomic mass is 10.2. The van der Waals surface area contributed by atoms with Gasteiger partial charge in [0.1, 0.15) is 5.75 Å². The Morgan fingerprint density at radius 3 is 3.00 bits per heavy atom. The summed E-state index contributed by atoms with van der Waals surface area (Å²) in [6, 6.07) is 2.27. The highest BCUT2D eigenvalue weighted by Gasteiger charge is 2.10. The monoisotopic (exact) mass is 195 g/mol. The summed E-state index contributed by atoms with van der Waals surface area (Å²) in [7, 11) is 3.58. The summed E-state index contributed by atoms with van der Waals surface area (Å²) in [5.41, 5.74) is 0. The first-order chi connectivity index (χ1) is 6.31. The van der Waals surface area contributed by atoms with Crippen molar-refractivity contribution in [2.75, 3.05) is 14.2 Å². The van der Waals surface area contributed by atoms with Gasteiger partial charge in [-0.05, 0) is 13.1 Å². The second-order valence-electron chi connectivity index (χ2n) is 2.64. The molecule has 0 saturated carbocycles. The molecule has 0 saturated heterocycles. The summed E-state index contributed by atoms with van der Waals surface area (Å²) in [5.74, 6) is 3.55. The third-order valence-corrected chi connectivity index (χ3v) is 2.87. The van der Waals surface area contributed by atoms with E-state index in [9.17, 15) is 0 Å². The number of rotatable bonds is 4. The predicted octanol–water partition coefficient (Wildman–Crippen LogP) is 2.04. The van der Waals surface area contributed by atoms with E-state index >= 15 is 0 Å². The van der Waals surface area contributed by atoms with Crippen molar-refractivity contribution in [3.63, 3.8) is 0 Å². The van der Waals surface area contributed by atoms with E-state index in [1.807, 2.05) is 18.5 Å². The minimum atomic E-state index is 0.249. The average molecular weight is 195 g/mol. The van der Waals surface area contributed by atoms with Crippen LogP contribution in [0.25, 0.3) is 0 Å². The van der Waals surface area contributed by atoms with E-state index in [0.717, 1.165) is 5.75 Å². The van der Waals surface area contributed by atoms with Crippen LogP contribution in [0.5, 0.6) is 5.75 Å². The zero-order valence-corrected chi connectivity index (χ0v) is 8.65. The van der Waals surface area contributed by atoms with E-state index in [-0.39, 0.29) is 6.04 Å². The molecular weight excluding hydrogens is 182 g/mol. The largest absolute Gasteiger partial charge is 0.496 e. The summed E-state index contributed by atoms with van der Waals surface area (Å²) in [6.07, 6.45) is 5.97. The number of nitrogens with one attached hydrogen (secondary N) is 1. The van der Waals surface area contributed by atoms with Gasteiger partial charge in [0.05, 0.1) is 13.2 Å². The normalized spacial score (nSPS) is 12.1. The van der Waals surface area contributed by atoms with Gasteiger partial charge < -0.3 is 10.1 Å². The number of hydrogen-bond donors (Lipinski definition) is 1. The summed E-state index contributed by atoms with van der Waals surface area (Å²) in [6.45, 7) is 0. The number of methoxy groups -OCH3 is 1. The number of ether oxygens (including phenoxy) is 1. The molecule has 2 nitrogen and oxygen atoms in total. The van der Waals surface area contributed by atoms with Crippen molar-refractivity contribution in [3.05, 3.63) is 16.3 Å². The van der Waals surface area contributed by atoms with Crippen molar-refractivity contribution in [3.8, 4) is 18.1 Å². The lowest BCUT2D eigenvalue weighted by molar-refractivity contribution is 0.416. The topological polar surface area (TPSA) is 21.3 Å². The minimum Gasteiger partial charge on any atom is -0.496 e. The molecule has 0 fully saturated rings. The maximum Gasteiger partial charge on any atom is 0.129 e. The second-order valence-corrected chi connectivity index (χ2v) is 3.58. The average Bonchev–Trinajstić information content (AvgIpc) is 2.62. The van der Waals surface area contributed by atoms with Gasteiger partial charge in [-0.1, -0.05) is 0 Å². The van der Waals surface area contributed by atoms with Crippen LogP contribution >= 0.6 is 11.3 Å². The van der Waals surface area contributed by atoms with Crippen LogP contribution in [0.3, 0.4) is 0 Å². The van der Waals surface area contributed by atoms with Crippen LogP contribution in [0, 0.1) is 12.3 Å². The molecule has 1 aromatic rings. The number of thiophene rings is 1. The quantitative estimate of drug-likeness (QED) is 0.742. The Bertz CT molecular complexity index is 300. The summed E-state index contributed by atoms with van der Waals surface area (Å²) < 4.78 is 5.10. The highest BCUT2D eigenvalue weighted by molar-refractivity contribution is 7.10. The van der Waals surface area contributed by atoms with E-state index in [2.05, 4.69) is 11.2 Å². The molecule has 1 heterocycles. The van der Waals surface area contributed by atoms with Gasteiger partial charge in [-0.2, -0.15) is 0 Å². The van der Waals surface area contributed by atoms with E-state index in [1.165, 1.54) is 4.88 Å². The first kappa shape index (κ1) is 10.1. The van der Waals surface area contributed by atoms with Gasteiger partial charge in [-0.15, -0.1) is 23.7 Å². The van der Waals surface area contributed by atoms with E-state index in [4.69, 9.17) is 11.2 Å². The molecular formula is C10H13NOS. The molecule has 1 N–H and O–H groups in total. The first-order valence-corrected chi connectivity index (χ1v) is 4.93. The fraction of sp³-hybridized carbons (Fsp3) is 0.400. The molecule has 1 unspecified atom stereocenters. The fourth-order valence-corrected chi connectivity index (χ4v) is 2.05. The molecule has 1 aromatic heterocycles. The predicted molar refractivity (Wildman–Crippen MR) is 56.1 cm³/mol. The highest BCUT2D eigenvalue weighted by atomic mass is 32.1. The SMILES string of the molecule is C#CCC(NC)c1cc(OC)cs1. The minimum absolute atomic E-state index is 0.249. The second kappa shape index (κ2) is 4.90. The number of hydrogen-bond acceptors (Lipinski definition) is 3. The van der Waals surface area contributed by atoms with Crippen molar-refractivity contribution >= 4 is 11.3 Å². The van der Waals surface area contributed by atoms with Crippen LogP contribution in [0.1, 0.15) is 17.3 Å². The maximum atomic E-state index is 5.27. The molecule has 0 spiro atoms. The van der Waals surface area contributed by atoms with Gasteiger partial charge in [-0.25, -0.2) is 0 Å². The molecule has 0 aliphatic heterocycles. The van der Waals surface area contributed by atoms with Crippen molar-refractivity contribution in [2.45, 2.75) is 12.5 Å². The van der Waals surface area contributed by atoms with Crippen molar-refractivity contribution in [1.82, 2.24) is 5.32 Å². The van der Waals surface area contributed by atoms with Gasteiger partial charge in [0.2, 0.25) is 0 Å². The van der Waals surface area contributed by atoms with E-state index < -0.39 is 0 Å². The van der Waals surface area contributed by atoms with Crippen LogP contribution in [0.15, 0.2) is 11.4 Å². The van der Waals surface area contributed by atoms with Crippen LogP contribution in [0.2, 0.25) is 0 Å². The van der Waals surface area contributed by atoms with Gasteiger partial charge in [0.15, 0.2) is 0 Å². The Balaban J connectivity index is 2.74. The lowest BCUT2D eigenvalue weighted by Gasteiger charge is -2.09. The lowest BCUT2D eigenvalue weighted by Crippen LogP contribution is -2.14. The Labute approximate surface area is 82.9 Å². The molecule has 0 aliphatic rings. The maximum absolute atomic E-state index is 5.27. The first-order valence-electron chi connectivity index (χ1n) is 4.05. The van der Waals surface area contributed by atoms with Crippen molar-refractivity contribution < 1.29 is 4.74 Å². The Kier molecular flexibility index (Phi) is 3.81. The number of terminal acetylenes is 1. The van der Waals surface area contributed by atoms with Crippen LogP contribution in [0.4, 0.5) is 0 Å². The molecule has 70 valence electrons. The standard InChI is InChI=1S/C10H13NOS/c1-4-5-9(11-2)10-6-8(12-3)7-13-10/h1,6-7,9,11H,5H2,2-3H3. The molecule has 3 heteroatoms. The van der Waals surface area contributed by atoms with Crippen molar-refractivity contribution in [1.29, 1.82) is 0 Å². The summed E-state index contributed by atoms with van der Waals surface area (Å²) in [5, 5.41) is 5.15. The third-order valence-electron chi connectivity index (χ3n) is 1.85. The van der Waals surface area contributed by atoms with Crippen LogP contribution in [-0.4, -0.2) is 14.2 Å². The van der Waals surface area contributed by atoms with Gasteiger partial charge in [0.25, 0.3) is 0 Å². The van der Waals surface area contributed by atoms with Crippen LogP contribution < -0.4 is 10.1 Å². The zero-order chi connectivity index (χ0) is 9.68. The molecule has 1 rings (SSSR count). The van der Waals surface area contributed by atoms with E-state index in [1.54, 1.807) is 18.4 Å². The Morgan fingerprint density at radius 1 is 1.77 bits per heavy atom. The third kappa shape index (κ3) is 2.48. The Morgan fingerprint density at radius 2 is 2.54 bits per heavy atom. The zero-order valence-electron chi connectivity index (χ0n) is 7.83. The summed E-state index contributed by atoms with van der Waals surface area (Å²) >= 11 is 1.66. The molecule has 0 amide bonds. The van der Waals surface area contributed by atoms with Gasteiger partial charge in [0, 0.05) is 16.7 Å². The fourth-order valence-electron chi connectivity index (χ4n) is 1.09. The van der Waals surface area contributed by atoms with E-state index in [0.29, 0.717) is 6.42 Å². The molecule has 0 radical (unpaired) electrons.